The second-order valence-electron chi connectivity index (χ2n) is 7.57. The van der Waals surface area contributed by atoms with Gasteiger partial charge in [0.05, 0.1) is 20.8 Å². The van der Waals surface area contributed by atoms with E-state index in [1.165, 1.54) is 0 Å². The van der Waals surface area contributed by atoms with Gasteiger partial charge in [0.25, 0.3) is 0 Å². The summed E-state index contributed by atoms with van der Waals surface area (Å²) in [5.74, 6) is 3.27. The molecule has 0 fully saturated rings. The van der Waals surface area contributed by atoms with Gasteiger partial charge in [-0.1, -0.05) is 37.1 Å². The topological polar surface area (TPSA) is 62.9 Å². The molecular formula is C27H33NO4. The first-order valence-electron chi connectivity index (χ1n) is 11.1. The monoisotopic (exact) mass is 435 g/mol. The average molecular weight is 436 g/mol. The third-order valence-corrected chi connectivity index (χ3v) is 5.27. The number of hydrogen-bond donors (Lipinski definition) is 1. The number of benzene rings is 3. The molecule has 0 radical (unpaired) electrons. The number of rotatable bonds is 13. The molecule has 5 heteroatoms. The third kappa shape index (κ3) is 6.92. The first kappa shape index (κ1) is 23.5. The zero-order valence-corrected chi connectivity index (χ0v) is 19.0. The molecule has 0 saturated heterocycles. The summed E-state index contributed by atoms with van der Waals surface area (Å²) >= 11 is 0. The Kier molecular flexibility index (Phi) is 9.26. The summed E-state index contributed by atoms with van der Waals surface area (Å²) in [5, 5.41) is 0. The van der Waals surface area contributed by atoms with Gasteiger partial charge in [-0.15, -0.1) is 0 Å². The summed E-state index contributed by atoms with van der Waals surface area (Å²) in [6.45, 7) is 1.93. The van der Waals surface area contributed by atoms with E-state index in [0.717, 1.165) is 71.9 Å². The summed E-state index contributed by atoms with van der Waals surface area (Å²) in [6, 6.07) is 21.9. The Balaban J connectivity index is 1.63. The van der Waals surface area contributed by atoms with E-state index >= 15 is 0 Å². The van der Waals surface area contributed by atoms with Gasteiger partial charge in [-0.3, -0.25) is 0 Å². The molecule has 0 bridgehead atoms. The normalized spacial score (nSPS) is 10.6. The van der Waals surface area contributed by atoms with Crippen LogP contribution in [0.3, 0.4) is 0 Å². The van der Waals surface area contributed by atoms with Crippen molar-refractivity contribution in [1.82, 2.24) is 0 Å². The number of hydrogen-bond acceptors (Lipinski definition) is 5. The lowest BCUT2D eigenvalue weighted by molar-refractivity contribution is 0.303. The highest BCUT2D eigenvalue weighted by Gasteiger charge is 2.09. The molecule has 5 nitrogen and oxygen atoms in total. The highest BCUT2D eigenvalue weighted by atomic mass is 16.5. The molecular weight excluding hydrogens is 402 g/mol. The van der Waals surface area contributed by atoms with Crippen molar-refractivity contribution in [2.24, 2.45) is 5.73 Å². The van der Waals surface area contributed by atoms with E-state index < -0.39 is 0 Å². The van der Waals surface area contributed by atoms with Crippen LogP contribution in [-0.2, 0) is 6.61 Å². The molecule has 32 heavy (non-hydrogen) atoms. The Morgan fingerprint density at radius 1 is 0.656 bits per heavy atom. The first-order chi connectivity index (χ1) is 15.7. The quantitative estimate of drug-likeness (QED) is 0.341. The second-order valence-corrected chi connectivity index (χ2v) is 7.57. The largest absolute Gasteiger partial charge is 0.497 e. The Morgan fingerprint density at radius 2 is 1.31 bits per heavy atom. The third-order valence-electron chi connectivity index (χ3n) is 5.27. The van der Waals surface area contributed by atoms with Crippen molar-refractivity contribution in [3.05, 3.63) is 72.3 Å². The highest BCUT2D eigenvalue weighted by Crippen LogP contribution is 2.34. The summed E-state index contributed by atoms with van der Waals surface area (Å²) in [4.78, 5) is 0. The van der Waals surface area contributed by atoms with Crippen LogP contribution in [0.15, 0.2) is 66.7 Å². The zero-order chi connectivity index (χ0) is 22.6. The molecule has 0 aromatic heterocycles. The van der Waals surface area contributed by atoms with Crippen LogP contribution >= 0.6 is 0 Å². The van der Waals surface area contributed by atoms with Crippen LogP contribution < -0.4 is 24.7 Å². The number of methoxy groups -OCH3 is 2. The van der Waals surface area contributed by atoms with Crippen molar-refractivity contribution in [3.63, 3.8) is 0 Å². The molecule has 3 rings (SSSR count). The smallest absolute Gasteiger partial charge is 0.130 e. The molecule has 3 aromatic carbocycles. The van der Waals surface area contributed by atoms with Crippen LogP contribution in [0.1, 0.15) is 31.2 Å². The van der Waals surface area contributed by atoms with Crippen molar-refractivity contribution in [2.45, 2.75) is 32.3 Å². The van der Waals surface area contributed by atoms with Crippen molar-refractivity contribution in [3.8, 4) is 34.1 Å². The maximum Gasteiger partial charge on any atom is 0.130 e. The fourth-order valence-electron chi connectivity index (χ4n) is 3.39. The molecule has 0 heterocycles. The number of unbranched alkanes of at least 4 members (excludes halogenated alkanes) is 3. The molecule has 2 N–H and O–H groups in total. The fourth-order valence-corrected chi connectivity index (χ4v) is 3.39. The van der Waals surface area contributed by atoms with Crippen molar-refractivity contribution in [1.29, 1.82) is 0 Å². The maximum absolute atomic E-state index is 6.12. The molecule has 170 valence electrons. The van der Waals surface area contributed by atoms with Gasteiger partial charge in [0.2, 0.25) is 0 Å². The van der Waals surface area contributed by atoms with Gasteiger partial charge in [-0.2, -0.15) is 0 Å². The standard InChI is InChI=1S/C27H33NO4/c1-29-23-11-7-21(8-12-23)20-32-24-13-9-22(10-14-24)26-16-15-25(30-2)19-27(26)31-18-6-4-3-5-17-28/h7-16,19H,3-6,17-18,20,28H2,1-2H3. The van der Waals surface area contributed by atoms with Crippen LogP contribution in [-0.4, -0.2) is 27.4 Å². The van der Waals surface area contributed by atoms with Crippen LogP contribution in [0.25, 0.3) is 11.1 Å². The molecule has 0 aliphatic heterocycles. The SMILES string of the molecule is COc1ccc(COc2ccc(-c3ccc(OC)cc3OCCCCCCN)cc2)cc1. The van der Waals surface area contributed by atoms with Gasteiger partial charge in [-0.25, -0.2) is 0 Å². The highest BCUT2D eigenvalue weighted by molar-refractivity contribution is 5.72. The molecule has 0 unspecified atom stereocenters. The van der Waals surface area contributed by atoms with Crippen molar-refractivity contribution in [2.75, 3.05) is 27.4 Å². The Bertz CT molecular complexity index is 939. The van der Waals surface area contributed by atoms with E-state index in [-0.39, 0.29) is 0 Å². The predicted molar refractivity (Wildman–Crippen MR) is 129 cm³/mol. The van der Waals surface area contributed by atoms with E-state index in [1.807, 2.05) is 54.6 Å². The van der Waals surface area contributed by atoms with Gasteiger partial charge in [-0.05, 0) is 66.9 Å². The summed E-state index contributed by atoms with van der Waals surface area (Å²) in [6.07, 6.45) is 4.34. The number of ether oxygens (including phenoxy) is 4. The van der Waals surface area contributed by atoms with Crippen LogP contribution in [0.4, 0.5) is 0 Å². The van der Waals surface area contributed by atoms with E-state index in [1.54, 1.807) is 14.2 Å². The molecule has 0 atom stereocenters. The lowest BCUT2D eigenvalue weighted by Gasteiger charge is -2.14. The summed E-state index contributed by atoms with van der Waals surface area (Å²) in [7, 11) is 3.33. The Labute approximate surface area is 191 Å². The van der Waals surface area contributed by atoms with E-state index in [0.29, 0.717) is 13.2 Å². The van der Waals surface area contributed by atoms with Gasteiger partial charge in [0.15, 0.2) is 0 Å². The van der Waals surface area contributed by atoms with Crippen molar-refractivity contribution >= 4 is 0 Å². The van der Waals surface area contributed by atoms with E-state index in [9.17, 15) is 0 Å². The molecule has 0 spiro atoms. The van der Waals surface area contributed by atoms with Crippen LogP contribution in [0.2, 0.25) is 0 Å². The molecule has 0 saturated carbocycles. The fraction of sp³-hybridized carbons (Fsp3) is 0.333. The first-order valence-corrected chi connectivity index (χ1v) is 11.1. The average Bonchev–Trinajstić information content (AvgIpc) is 2.85. The summed E-state index contributed by atoms with van der Waals surface area (Å²) in [5.41, 5.74) is 8.76. The summed E-state index contributed by atoms with van der Waals surface area (Å²) < 4.78 is 22.6. The lowest BCUT2D eigenvalue weighted by atomic mass is 10.0. The minimum Gasteiger partial charge on any atom is -0.497 e. The minimum atomic E-state index is 0.504. The van der Waals surface area contributed by atoms with Crippen LogP contribution in [0, 0.1) is 0 Å². The molecule has 0 aliphatic rings. The zero-order valence-electron chi connectivity index (χ0n) is 19.0. The predicted octanol–water partition coefficient (Wildman–Crippen LogP) is 5.85. The van der Waals surface area contributed by atoms with Gasteiger partial charge in [0, 0.05) is 11.6 Å². The Hall–Kier alpha value is -3.18. The molecule has 3 aromatic rings. The van der Waals surface area contributed by atoms with E-state index in [2.05, 4.69) is 12.1 Å². The van der Waals surface area contributed by atoms with E-state index in [4.69, 9.17) is 24.7 Å². The molecule has 0 aliphatic carbocycles. The van der Waals surface area contributed by atoms with Crippen LogP contribution in [0.5, 0.6) is 23.0 Å². The minimum absolute atomic E-state index is 0.504. The molecule has 0 amide bonds. The Morgan fingerprint density at radius 3 is 2.00 bits per heavy atom. The second kappa shape index (κ2) is 12.6. The maximum atomic E-state index is 6.12. The van der Waals surface area contributed by atoms with Gasteiger partial charge in [0.1, 0.15) is 29.6 Å². The van der Waals surface area contributed by atoms with Gasteiger partial charge < -0.3 is 24.7 Å². The lowest BCUT2D eigenvalue weighted by Crippen LogP contribution is -2.01. The van der Waals surface area contributed by atoms with Gasteiger partial charge >= 0.3 is 0 Å². The number of nitrogens with two attached hydrogens (primary N) is 1. The van der Waals surface area contributed by atoms with Crippen molar-refractivity contribution < 1.29 is 18.9 Å².